The van der Waals surface area contributed by atoms with Gasteiger partial charge in [-0.15, -0.1) is 0 Å². The van der Waals surface area contributed by atoms with Crippen molar-refractivity contribution in [2.75, 3.05) is 18.0 Å². The fourth-order valence-electron chi connectivity index (χ4n) is 4.86. The van der Waals surface area contributed by atoms with Crippen molar-refractivity contribution in [3.63, 3.8) is 0 Å². The lowest BCUT2D eigenvalue weighted by atomic mass is 10.0. The first-order valence-corrected chi connectivity index (χ1v) is 14.8. The number of aliphatic carboxylic acids is 2. The maximum absolute atomic E-state index is 13.7. The van der Waals surface area contributed by atoms with Gasteiger partial charge in [-0.25, -0.2) is 23.0 Å². The molecule has 0 unspecified atom stereocenters. The Labute approximate surface area is 238 Å². The number of anilines is 1. The number of fused-ring (bicyclic) bond motifs is 1. The van der Waals surface area contributed by atoms with Gasteiger partial charge in [0.1, 0.15) is 5.70 Å². The van der Waals surface area contributed by atoms with Crippen LogP contribution in [-0.4, -0.2) is 66.5 Å². The van der Waals surface area contributed by atoms with E-state index >= 15 is 0 Å². The third kappa shape index (κ3) is 5.60. The molecule has 2 aromatic carbocycles. The van der Waals surface area contributed by atoms with Gasteiger partial charge in [0, 0.05) is 29.9 Å². The Morgan fingerprint density at radius 1 is 1.00 bits per heavy atom. The summed E-state index contributed by atoms with van der Waals surface area (Å²) in [6.45, 7) is 6.08. The molecule has 1 amide bonds. The molecule has 0 spiro atoms. The van der Waals surface area contributed by atoms with Crippen molar-refractivity contribution in [1.82, 2.24) is 4.90 Å². The van der Waals surface area contributed by atoms with Crippen molar-refractivity contribution in [2.24, 2.45) is 10.7 Å². The third-order valence-electron chi connectivity index (χ3n) is 6.96. The number of benzene rings is 2. The number of carbonyl (C=O) groups excluding carboxylic acids is 1. The van der Waals surface area contributed by atoms with E-state index in [1.807, 2.05) is 12.1 Å². The molecule has 2 aliphatic heterocycles. The number of aliphatic imine (C=N–C) groups is 1. The zero-order chi connectivity index (χ0) is 29.9. The summed E-state index contributed by atoms with van der Waals surface area (Å²) in [7, 11) is -4.11. The Morgan fingerprint density at radius 3 is 2.15 bits per heavy atom. The van der Waals surface area contributed by atoms with Crippen LogP contribution in [0.1, 0.15) is 50.7 Å². The van der Waals surface area contributed by atoms with Crippen LogP contribution in [0.25, 0.3) is 11.6 Å². The molecule has 0 radical (unpaired) electrons. The van der Waals surface area contributed by atoms with Crippen molar-refractivity contribution in [3.8, 4) is 0 Å². The van der Waals surface area contributed by atoms with E-state index in [0.29, 0.717) is 10.5 Å². The number of allylic oxidation sites excluding steroid dienone is 1. The normalized spacial score (nSPS) is 18.6. The first-order valence-electron chi connectivity index (χ1n) is 13.3. The molecule has 0 saturated heterocycles. The zero-order valence-corrected chi connectivity index (χ0v) is 23.6. The third-order valence-corrected chi connectivity index (χ3v) is 8.79. The summed E-state index contributed by atoms with van der Waals surface area (Å²) in [5, 5.41) is 18.8. The Balaban J connectivity index is 1.83. The predicted molar refractivity (Wildman–Crippen MR) is 155 cm³/mol. The Bertz CT molecular complexity index is 1550. The minimum atomic E-state index is -4.11. The number of nitrogens with zero attached hydrogens (tertiary/aromatic N) is 3. The van der Waals surface area contributed by atoms with Crippen molar-refractivity contribution in [3.05, 3.63) is 70.3 Å². The van der Waals surface area contributed by atoms with Crippen molar-refractivity contribution < 1.29 is 33.0 Å². The number of unbranched alkanes of at least 4 members (excludes halogenated alkanes) is 2. The summed E-state index contributed by atoms with van der Waals surface area (Å²) in [5.41, 5.74) is 7.06. The standard InChI is InChI=1S/C29H32N4O7S/c1-3-5-15-32(16-6-4-2)19-13-11-18(12-14-19)17-22-23(20-9-7-8-10-21(20)41(22,39)40)24-26(34)33(29(30)31-24)25(27(35)36)28(37)38/h7-14,17,25H,3-6,15-16H2,1-2H3,(H2,30,31)(H,35,36)(H,37,38). The van der Waals surface area contributed by atoms with Crippen LogP contribution in [0.2, 0.25) is 0 Å². The molecule has 0 aliphatic carbocycles. The van der Waals surface area contributed by atoms with E-state index in [-0.39, 0.29) is 20.9 Å². The second kappa shape index (κ2) is 12.0. The van der Waals surface area contributed by atoms with Crippen LogP contribution in [0, 0.1) is 0 Å². The average Bonchev–Trinajstić information content (AvgIpc) is 3.33. The lowest BCUT2D eigenvalue weighted by molar-refractivity contribution is -0.157. The van der Waals surface area contributed by atoms with Crippen molar-refractivity contribution in [1.29, 1.82) is 0 Å². The Hall–Kier alpha value is -4.45. The summed E-state index contributed by atoms with van der Waals surface area (Å²) in [6, 6.07) is 11.1. The zero-order valence-electron chi connectivity index (χ0n) is 22.8. The highest BCUT2D eigenvalue weighted by Crippen LogP contribution is 2.46. The molecule has 2 heterocycles. The first kappa shape index (κ1) is 29.5. The minimum absolute atomic E-state index is 0.0521. The molecule has 2 aliphatic rings. The fourth-order valence-corrected chi connectivity index (χ4v) is 6.58. The van der Waals surface area contributed by atoms with Gasteiger partial charge in [-0.05, 0) is 42.7 Å². The van der Waals surface area contributed by atoms with E-state index in [0.717, 1.165) is 44.5 Å². The number of nitrogens with two attached hydrogens (primary N) is 1. The molecule has 0 saturated carbocycles. The van der Waals surface area contributed by atoms with Crippen LogP contribution >= 0.6 is 0 Å². The van der Waals surface area contributed by atoms with Crippen molar-refractivity contribution in [2.45, 2.75) is 50.5 Å². The molecule has 4 rings (SSSR count). The van der Waals surface area contributed by atoms with Crippen LogP contribution in [0.3, 0.4) is 0 Å². The van der Waals surface area contributed by atoms with E-state index in [4.69, 9.17) is 5.73 Å². The molecule has 216 valence electrons. The van der Waals surface area contributed by atoms with Gasteiger partial charge < -0.3 is 20.8 Å². The van der Waals surface area contributed by atoms with Crippen LogP contribution in [0.4, 0.5) is 5.69 Å². The number of amides is 1. The predicted octanol–water partition coefficient (Wildman–Crippen LogP) is 3.33. The quantitative estimate of drug-likeness (QED) is 0.266. The molecule has 4 N–H and O–H groups in total. The molecule has 0 bridgehead atoms. The van der Waals surface area contributed by atoms with Gasteiger partial charge in [-0.2, -0.15) is 0 Å². The number of hydrogen-bond acceptors (Lipinski definition) is 8. The van der Waals surface area contributed by atoms with Crippen LogP contribution in [-0.2, 0) is 24.2 Å². The highest BCUT2D eigenvalue weighted by Gasteiger charge is 2.47. The molecule has 41 heavy (non-hydrogen) atoms. The molecule has 11 nitrogen and oxygen atoms in total. The minimum Gasteiger partial charge on any atom is -0.479 e. The number of carboxylic acids is 2. The first-order chi connectivity index (χ1) is 19.5. The van der Waals surface area contributed by atoms with Gasteiger partial charge >= 0.3 is 11.9 Å². The van der Waals surface area contributed by atoms with E-state index in [1.54, 1.807) is 24.3 Å². The maximum Gasteiger partial charge on any atom is 0.338 e. The number of guanidine groups is 1. The number of carboxylic acid groups (broad SMARTS) is 2. The van der Waals surface area contributed by atoms with Gasteiger partial charge in [0.2, 0.25) is 21.8 Å². The van der Waals surface area contributed by atoms with E-state index < -0.39 is 45.4 Å². The Kier molecular flexibility index (Phi) is 8.62. The van der Waals surface area contributed by atoms with Gasteiger partial charge in [0.05, 0.1) is 9.80 Å². The topological polar surface area (TPSA) is 171 Å². The summed E-state index contributed by atoms with van der Waals surface area (Å²) in [5.74, 6) is -5.42. The smallest absolute Gasteiger partial charge is 0.338 e. The number of hydrogen-bond donors (Lipinski definition) is 3. The monoisotopic (exact) mass is 580 g/mol. The van der Waals surface area contributed by atoms with Gasteiger partial charge in [-0.3, -0.25) is 9.69 Å². The lowest BCUT2D eigenvalue weighted by Crippen LogP contribution is -2.52. The lowest BCUT2D eigenvalue weighted by Gasteiger charge is -2.24. The number of carbonyl (C=O) groups is 3. The van der Waals surface area contributed by atoms with Gasteiger partial charge in [0.25, 0.3) is 5.91 Å². The van der Waals surface area contributed by atoms with E-state index in [1.165, 1.54) is 18.2 Å². The van der Waals surface area contributed by atoms with Crippen molar-refractivity contribution >= 4 is 51.0 Å². The number of rotatable bonds is 11. The summed E-state index contributed by atoms with van der Waals surface area (Å²) in [4.78, 5) is 43.0. The summed E-state index contributed by atoms with van der Waals surface area (Å²) < 4.78 is 27.4. The fraction of sp³-hybridized carbons (Fsp3) is 0.310. The second-order valence-corrected chi connectivity index (χ2v) is 11.6. The van der Waals surface area contributed by atoms with E-state index in [9.17, 15) is 33.0 Å². The molecule has 12 heteroatoms. The van der Waals surface area contributed by atoms with Crippen LogP contribution < -0.4 is 10.6 Å². The largest absolute Gasteiger partial charge is 0.479 e. The molecule has 2 aromatic rings. The highest BCUT2D eigenvalue weighted by molar-refractivity contribution is 7.96. The molecule has 0 aromatic heterocycles. The van der Waals surface area contributed by atoms with Crippen LogP contribution in [0.5, 0.6) is 0 Å². The molecular weight excluding hydrogens is 548 g/mol. The van der Waals surface area contributed by atoms with E-state index in [2.05, 4.69) is 23.7 Å². The highest BCUT2D eigenvalue weighted by atomic mass is 32.2. The SMILES string of the molecule is CCCCN(CCCC)c1ccc(C=C2C(=C3N=C(N)N(C(C(=O)O)C(=O)O)C3=O)c3ccccc3S2(=O)=O)cc1. The van der Waals surface area contributed by atoms with Gasteiger partial charge in [-0.1, -0.05) is 57.0 Å². The summed E-state index contributed by atoms with van der Waals surface area (Å²) in [6.07, 6.45) is 5.64. The van der Waals surface area contributed by atoms with Gasteiger partial charge in [0.15, 0.2) is 0 Å². The number of sulfone groups is 1. The van der Waals surface area contributed by atoms with Crippen LogP contribution in [0.15, 0.2) is 69.0 Å². The Morgan fingerprint density at radius 2 is 1.59 bits per heavy atom. The second-order valence-electron chi connectivity index (χ2n) is 9.74. The maximum atomic E-state index is 13.7. The average molecular weight is 581 g/mol. The molecule has 0 atom stereocenters. The molecular formula is C29H32N4O7S. The molecule has 0 fully saturated rings. The summed E-state index contributed by atoms with van der Waals surface area (Å²) >= 11 is 0.